The largest absolute Gasteiger partial charge is 0.390 e. The number of nitrogens with one attached hydrogen (secondary N) is 2. The highest BCUT2D eigenvalue weighted by molar-refractivity contribution is 9.10. The molecule has 0 saturated heterocycles. The molecular weight excluding hydrogens is 408 g/mol. The van der Waals surface area contributed by atoms with Crippen molar-refractivity contribution < 1.29 is 5.11 Å². The van der Waals surface area contributed by atoms with Gasteiger partial charge in [0.05, 0.1) is 11.8 Å². The lowest BCUT2D eigenvalue weighted by Gasteiger charge is -2.33. The van der Waals surface area contributed by atoms with Gasteiger partial charge in [0.1, 0.15) is 17.4 Å². The first kappa shape index (κ1) is 18.1. The molecule has 0 unspecified atom stereocenters. The Hall–Kier alpha value is -2.32. The van der Waals surface area contributed by atoms with E-state index in [4.69, 9.17) is 0 Å². The molecule has 8 heteroatoms. The fourth-order valence-electron chi connectivity index (χ4n) is 3.28. The molecular formula is C19H21BrN6O. The average Bonchev–Trinajstić information content (AvgIpc) is 2.64. The van der Waals surface area contributed by atoms with Gasteiger partial charge in [0, 0.05) is 16.2 Å². The normalized spacial score (nSPS) is 22.6. The Morgan fingerprint density at radius 1 is 1.19 bits per heavy atom. The van der Waals surface area contributed by atoms with Gasteiger partial charge in [0.25, 0.3) is 0 Å². The van der Waals surface area contributed by atoms with E-state index in [9.17, 15) is 5.11 Å². The predicted molar refractivity (Wildman–Crippen MR) is 109 cm³/mol. The zero-order valence-electron chi connectivity index (χ0n) is 15.0. The molecule has 7 nitrogen and oxygen atoms in total. The van der Waals surface area contributed by atoms with Crippen LogP contribution in [0, 0.1) is 0 Å². The molecule has 27 heavy (non-hydrogen) atoms. The van der Waals surface area contributed by atoms with Crippen LogP contribution in [0.4, 0.5) is 17.5 Å². The lowest BCUT2D eigenvalue weighted by molar-refractivity contribution is 0.0196. The zero-order chi connectivity index (χ0) is 18.9. The molecule has 0 amide bonds. The third kappa shape index (κ3) is 4.33. The molecule has 1 saturated carbocycles. The summed E-state index contributed by atoms with van der Waals surface area (Å²) >= 11 is 3.47. The summed E-state index contributed by atoms with van der Waals surface area (Å²) in [5, 5.41) is 16.8. The molecule has 1 fully saturated rings. The number of hydrogen-bond acceptors (Lipinski definition) is 7. The number of fused-ring (bicyclic) bond motifs is 1. The summed E-state index contributed by atoms with van der Waals surface area (Å²) in [5.74, 6) is 1.19. The summed E-state index contributed by atoms with van der Waals surface area (Å²) in [7, 11) is 0. The zero-order valence-corrected chi connectivity index (χ0v) is 16.6. The second-order valence-corrected chi connectivity index (χ2v) is 8.12. The maximum Gasteiger partial charge on any atom is 0.223 e. The highest BCUT2D eigenvalue weighted by Gasteiger charge is 2.28. The van der Waals surface area contributed by atoms with E-state index in [1.807, 2.05) is 31.2 Å². The number of benzene rings is 1. The maximum atomic E-state index is 10.1. The molecule has 0 atom stereocenters. The van der Waals surface area contributed by atoms with Crippen LogP contribution in [0.5, 0.6) is 0 Å². The molecule has 140 valence electrons. The van der Waals surface area contributed by atoms with E-state index in [2.05, 4.69) is 46.5 Å². The summed E-state index contributed by atoms with van der Waals surface area (Å²) in [6.07, 6.45) is 6.54. The van der Waals surface area contributed by atoms with Gasteiger partial charge in [-0.25, -0.2) is 19.9 Å². The number of anilines is 3. The highest BCUT2D eigenvalue weighted by atomic mass is 79.9. The Balaban J connectivity index is 1.57. The Morgan fingerprint density at radius 2 is 2.00 bits per heavy atom. The molecule has 1 aliphatic rings. The van der Waals surface area contributed by atoms with Crippen LogP contribution < -0.4 is 10.6 Å². The van der Waals surface area contributed by atoms with Crippen LogP contribution in [-0.2, 0) is 0 Å². The van der Waals surface area contributed by atoms with Crippen molar-refractivity contribution in [3.63, 3.8) is 0 Å². The van der Waals surface area contributed by atoms with Crippen molar-refractivity contribution in [2.24, 2.45) is 0 Å². The van der Waals surface area contributed by atoms with Crippen LogP contribution in [-0.4, -0.2) is 36.7 Å². The van der Waals surface area contributed by atoms with E-state index in [1.54, 1.807) is 6.20 Å². The van der Waals surface area contributed by atoms with Crippen molar-refractivity contribution >= 4 is 44.4 Å². The van der Waals surface area contributed by atoms with Gasteiger partial charge in [-0.2, -0.15) is 0 Å². The molecule has 0 bridgehead atoms. The summed E-state index contributed by atoms with van der Waals surface area (Å²) < 4.78 is 0.982. The Kier molecular flexibility index (Phi) is 4.92. The Labute approximate surface area is 165 Å². The minimum atomic E-state index is -0.558. The standard InChI is InChI=1S/C19H21BrN6O/c1-19(27)7-5-13(6-8-19)25-18-21-10-15-16(26-18)17(23-11-22-15)24-14-4-2-3-12(20)9-14/h2-4,9-11,13,27H,5-8H2,1H3,(H,21,25,26)(H,22,23,24). The third-order valence-corrected chi connectivity index (χ3v) is 5.35. The van der Waals surface area contributed by atoms with E-state index in [-0.39, 0.29) is 6.04 Å². The number of rotatable bonds is 4. The molecule has 0 radical (unpaired) electrons. The molecule has 4 rings (SSSR count). The first-order valence-corrected chi connectivity index (χ1v) is 9.77. The fourth-order valence-corrected chi connectivity index (χ4v) is 3.68. The Bertz CT molecular complexity index is 954. The minimum Gasteiger partial charge on any atom is -0.390 e. The van der Waals surface area contributed by atoms with Crippen molar-refractivity contribution in [3.8, 4) is 0 Å². The topological polar surface area (TPSA) is 95.9 Å². The third-order valence-electron chi connectivity index (χ3n) is 4.86. The van der Waals surface area contributed by atoms with Crippen LogP contribution in [0.25, 0.3) is 11.0 Å². The monoisotopic (exact) mass is 428 g/mol. The lowest BCUT2D eigenvalue weighted by atomic mass is 9.84. The van der Waals surface area contributed by atoms with Gasteiger partial charge in [0.15, 0.2) is 5.82 Å². The second kappa shape index (κ2) is 7.36. The second-order valence-electron chi connectivity index (χ2n) is 7.20. The van der Waals surface area contributed by atoms with E-state index < -0.39 is 5.60 Å². The number of nitrogens with zero attached hydrogens (tertiary/aromatic N) is 4. The summed E-state index contributed by atoms with van der Waals surface area (Å²) in [6.45, 7) is 1.90. The van der Waals surface area contributed by atoms with E-state index in [0.29, 0.717) is 22.8 Å². The van der Waals surface area contributed by atoms with E-state index in [0.717, 1.165) is 35.8 Å². The van der Waals surface area contributed by atoms with E-state index >= 15 is 0 Å². The van der Waals surface area contributed by atoms with Crippen molar-refractivity contribution in [1.29, 1.82) is 0 Å². The average molecular weight is 429 g/mol. The van der Waals surface area contributed by atoms with Gasteiger partial charge in [0.2, 0.25) is 5.95 Å². The number of hydrogen-bond donors (Lipinski definition) is 3. The molecule has 3 aromatic rings. The molecule has 3 N–H and O–H groups in total. The first-order chi connectivity index (χ1) is 13.0. The van der Waals surface area contributed by atoms with Gasteiger partial charge in [-0.15, -0.1) is 0 Å². The summed E-state index contributed by atoms with van der Waals surface area (Å²) in [6, 6.07) is 8.12. The molecule has 2 heterocycles. The van der Waals surface area contributed by atoms with Gasteiger partial charge < -0.3 is 15.7 Å². The van der Waals surface area contributed by atoms with Crippen LogP contribution in [0.3, 0.4) is 0 Å². The highest BCUT2D eigenvalue weighted by Crippen LogP contribution is 2.29. The lowest BCUT2D eigenvalue weighted by Crippen LogP contribution is -2.36. The number of aliphatic hydroxyl groups is 1. The van der Waals surface area contributed by atoms with Crippen LogP contribution in [0.2, 0.25) is 0 Å². The van der Waals surface area contributed by atoms with Gasteiger partial charge in [-0.1, -0.05) is 22.0 Å². The van der Waals surface area contributed by atoms with Crippen LogP contribution >= 0.6 is 15.9 Å². The predicted octanol–water partition coefficient (Wildman–Crippen LogP) is 4.03. The number of halogens is 1. The first-order valence-electron chi connectivity index (χ1n) is 8.98. The van der Waals surface area contributed by atoms with Crippen molar-refractivity contribution in [2.45, 2.75) is 44.2 Å². The fraction of sp³-hybridized carbons (Fsp3) is 0.368. The molecule has 0 spiro atoms. The summed E-state index contributed by atoms with van der Waals surface area (Å²) in [5.41, 5.74) is 1.70. The quantitative estimate of drug-likeness (QED) is 0.576. The van der Waals surface area contributed by atoms with Crippen LogP contribution in [0.1, 0.15) is 32.6 Å². The molecule has 1 aromatic carbocycles. The van der Waals surface area contributed by atoms with Crippen molar-refractivity contribution in [3.05, 3.63) is 41.3 Å². The smallest absolute Gasteiger partial charge is 0.223 e. The summed E-state index contributed by atoms with van der Waals surface area (Å²) in [4.78, 5) is 17.6. The number of aromatic nitrogens is 4. The van der Waals surface area contributed by atoms with Crippen molar-refractivity contribution in [2.75, 3.05) is 10.6 Å². The molecule has 0 aliphatic heterocycles. The van der Waals surface area contributed by atoms with E-state index in [1.165, 1.54) is 6.33 Å². The van der Waals surface area contributed by atoms with Gasteiger partial charge in [-0.05, 0) is 50.8 Å². The Morgan fingerprint density at radius 3 is 2.78 bits per heavy atom. The maximum absolute atomic E-state index is 10.1. The molecule has 2 aromatic heterocycles. The van der Waals surface area contributed by atoms with Crippen molar-refractivity contribution in [1.82, 2.24) is 19.9 Å². The molecule has 1 aliphatic carbocycles. The van der Waals surface area contributed by atoms with Crippen LogP contribution in [0.15, 0.2) is 41.3 Å². The SMILES string of the molecule is CC1(O)CCC(Nc2ncc3ncnc(Nc4cccc(Br)c4)c3n2)CC1. The van der Waals surface area contributed by atoms with Gasteiger partial charge in [-0.3, -0.25) is 0 Å². The van der Waals surface area contributed by atoms with Gasteiger partial charge >= 0.3 is 0 Å². The minimum absolute atomic E-state index is 0.258.